The first-order chi connectivity index (χ1) is 24.5. The molecule has 0 spiro atoms. The third kappa shape index (κ3) is 9.48. The van der Waals surface area contributed by atoms with E-state index in [-0.39, 0.29) is 56.4 Å². The van der Waals surface area contributed by atoms with Gasteiger partial charge in [0.05, 0.1) is 41.4 Å². The summed E-state index contributed by atoms with van der Waals surface area (Å²) in [6.45, 7) is 2.75. The van der Waals surface area contributed by atoms with E-state index in [1.165, 1.54) is 60.5 Å². The van der Waals surface area contributed by atoms with E-state index in [2.05, 4.69) is 10.3 Å². The molecule has 2 fully saturated rings. The van der Waals surface area contributed by atoms with Crippen LogP contribution >= 0.6 is 24.0 Å². The summed E-state index contributed by atoms with van der Waals surface area (Å²) in [6.07, 6.45) is -8.74. The molecule has 0 saturated carbocycles. The molecule has 2 aliphatic heterocycles. The number of carboxylic acid groups (broad SMARTS) is 1. The van der Waals surface area contributed by atoms with Crippen LogP contribution in [-0.2, 0) is 26.7 Å². The van der Waals surface area contributed by atoms with Crippen LogP contribution in [0.25, 0.3) is 17.2 Å². The van der Waals surface area contributed by atoms with Gasteiger partial charge in [0.25, 0.3) is 5.91 Å². The molecular formula is C34H30F6N4O6S2. The van der Waals surface area contributed by atoms with E-state index >= 15 is 0 Å². The Labute approximate surface area is 302 Å². The van der Waals surface area contributed by atoms with Gasteiger partial charge in [-0.15, -0.1) is 0 Å². The number of amides is 2. The highest BCUT2D eigenvalue weighted by Gasteiger charge is 2.37. The zero-order valence-corrected chi connectivity index (χ0v) is 28.8. The van der Waals surface area contributed by atoms with E-state index < -0.39 is 41.3 Å². The van der Waals surface area contributed by atoms with Gasteiger partial charge in [-0.2, -0.15) is 26.3 Å². The van der Waals surface area contributed by atoms with Gasteiger partial charge in [0, 0.05) is 37.9 Å². The summed E-state index contributed by atoms with van der Waals surface area (Å²) in [5.41, 5.74) is -0.0203. The molecule has 2 N–H and O–H groups in total. The number of nitrogens with zero attached hydrogens (tertiary/aromatic N) is 3. The molecule has 0 radical (unpaired) electrons. The summed E-state index contributed by atoms with van der Waals surface area (Å²) < 4.78 is 93.2. The smallest absolute Gasteiger partial charge is 0.416 e. The van der Waals surface area contributed by atoms with Crippen molar-refractivity contribution in [3.8, 4) is 16.9 Å². The molecule has 276 valence electrons. The second-order valence-corrected chi connectivity index (χ2v) is 13.2. The normalized spacial score (nSPS) is 16.4. The number of likely N-dealkylation sites (N-methyl/N-ethyl adjacent to an activating group) is 1. The number of hydrogen-bond donors (Lipinski definition) is 2. The average molecular weight is 769 g/mol. The Morgan fingerprint density at radius 1 is 0.981 bits per heavy atom. The Hall–Kier alpha value is -4.49. The Bertz CT molecular complexity index is 1850. The molecule has 10 nitrogen and oxygen atoms in total. The summed E-state index contributed by atoms with van der Waals surface area (Å²) >= 11 is 6.22. The molecule has 2 amide bonds. The number of rotatable bonds is 11. The lowest BCUT2D eigenvalue weighted by Crippen LogP contribution is -2.46. The van der Waals surface area contributed by atoms with Gasteiger partial charge in [-0.1, -0.05) is 30.0 Å². The molecule has 3 aromatic rings. The van der Waals surface area contributed by atoms with Crippen LogP contribution in [0.4, 0.5) is 32.0 Å². The molecule has 0 bridgehead atoms. The number of benzene rings is 3. The zero-order valence-electron chi connectivity index (χ0n) is 27.2. The highest BCUT2D eigenvalue weighted by atomic mass is 32.2. The highest BCUT2D eigenvalue weighted by molar-refractivity contribution is 8.26. The van der Waals surface area contributed by atoms with Crippen molar-refractivity contribution < 1.29 is 55.3 Å². The summed E-state index contributed by atoms with van der Waals surface area (Å²) in [5.74, 6) is -2.08. The van der Waals surface area contributed by atoms with Crippen molar-refractivity contribution in [1.29, 1.82) is 0 Å². The predicted octanol–water partition coefficient (Wildman–Crippen LogP) is 6.17. The Morgan fingerprint density at radius 3 is 2.21 bits per heavy atom. The van der Waals surface area contributed by atoms with E-state index in [0.29, 0.717) is 50.7 Å². The molecule has 18 heteroatoms. The van der Waals surface area contributed by atoms with E-state index in [1.807, 2.05) is 0 Å². The maximum absolute atomic E-state index is 13.6. The van der Waals surface area contributed by atoms with Crippen molar-refractivity contribution in [3.05, 3.63) is 87.8 Å². The fraction of sp³-hybridized carbons (Fsp3) is 0.294. The van der Waals surface area contributed by atoms with Gasteiger partial charge in [-0.3, -0.25) is 14.5 Å². The minimum atomic E-state index is -5.05. The SMILES string of the molecule is CN(C(=O)CNN1C(=O)C(=Cc2cc(-c3cc(C(F)(F)F)cc(C(F)(F)F)c3)ccc2OCCN2CCOCC2)SC1=S)c1ccc(C(=O)O)cc1. The second kappa shape index (κ2) is 16.0. The van der Waals surface area contributed by atoms with Crippen LogP contribution in [0.1, 0.15) is 27.0 Å². The van der Waals surface area contributed by atoms with Gasteiger partial charge in [-0.25, -0.2) is 15.2 Å². The molecule has 0 aromatic heterocycles. The van der Waals surface area contributed by atoms with Crippen molar-refractivity contribution in [1.82, 2.24) is 15.3 Å². The van der Waals surface area contributed by atoms with Crippen LogP contribution in [0.5, 0.6) is 5.75 Å². The first-order valence-corrected chi connectivity index (χ1v) is 16.7. The fourth-order valence-electron chi connectivity index (χ4n) is 5.19. The van der Waals surface area contributed by atoms with Crippen LogP contribution in [-0.4, -0.2) is 90.2 Å². The van der Waals surface area contributed by atoms with Crippen molar-refractivity contribution in [2.24, 2.45) is 0 Å². The van der Waals surface area contributed by atoms with Crippen LogP contribution in [0.2, 0.25) is 0 Å². The van der Waals surface area contributed by atoms with Crippen molar-refractivity contribution in [2.75, 3.05) is 57.9 Å². The van der Waals surface area contributed by atoms with Gasteiger partial charge in [-0.05, 0) is 71.8 Å². The minimum Gasteiger partial charge on any atom is -0.492 e. The van der Waals surface area contributed by atoms with Gasteiger partial charge >= 0.3 is 18.3 Å². The number of hydrazine groups is 1. The molecule has 2 aliphatic rings. The number of thiocarbonyl (C=S) groups is 1. The average Bonchev–Trinajstić information content (AvgIpc) is 3.37. The van der Waals surface area contributed by atoms with Gasteiger partial charge < -0.3 is 19.5 Å². The fourth-order valence-corrected chi connectivity index (χ4v) is 6.39. The van der Waals surface area contributed by atoms with E-state index in [9.17, 15) is 40.7 Å². The molecule has 3 aromatic carbocycles. The number of aromatic carboxylic acids is 1. The highest BCUT2D eigenvalue weighted by Crippen LogP contribution is 2.40. The van der Waals surface area contributed by atoms with E-state index in [1.54, 1.807) is 0 Å². The molecule has 0 unspecified atom stereocenters. The lowest BCUT2D eigenvalue weighted by Gasteiger charge is -2.26. The van der Waals surface area contributed by atoms with Crippen molar-refractivity contribution in [3.63, 3.8) is 0 Å². The van der Waals surface area contributed by atoms with Gasteiger partial charge in [0.15, 0.2) is 4.32 Å². The first-order valence-electron chi connectivity index (χ1n) is 15.5. The number of halogens is 6. The summed E-state index contributed by atoms with van der Waals surface area (Å²) in [5, 5.41) is 10.1. The van der Waals surface area contributed by atoms with Crippen LogP contribution in [0.15, 0.2) is 65.6 Å². The zero-order chi connectivity index (χ0) is 37.8. The second-order valence-electron chi connectivity index (χ2n) is 11.5. The number of ether oxygens (including phenoxy) is 2. The Morgan fingerprint density at radius 2 is 1.62 bits per heavy atom. The van der Waals surface area contributed by atoms with Crippen molar-refractivity contribution in [2.45, 2.75) is 12.4 Å². The van der Waals surface area contributed by atoms with Crippen LogP contribution in [0, 0.1) is 0 Å². The molecule has 0 atom stereocenters. The Balaban J connectivity index is 1.40. The van der Waals surface area contributed by atoms with Crippen LogP contribution in [0.3, 0.4) is 0 Å². The summed E-state index contributed by atoms with van der Waals surface area (Å²) in [4.78, 5) is 40.9. The third-order valence-electron chi connectivity index (χ3n) is 8.04. The third-order valence-corrected chi connectivity index (χ3v) is 9.35. The largest absolute Gasteiger partial charge is 0.492 e. The topological polar surface area (TPSA) is 112 Å². The molecule has 2 heterocycles. The molecular weight excluding hydrogens is 739 g/mol. The Kier molecular flexibility index (Phi) is 11.9. The molecule has 52 heavy (non-hydrogen) atoms. The van der Waals surface area contributed by atoms with Gasteiger partial charge in [0.2, 0.25) is 5.91 Å². The molecule has 0 aliphatic carbocycles. The number of nitrogens with one attached hydrogen (secondary N) is 1. The minimum absolute atomic E-state index is 0.00186. The monoisotopic (exact) mass is 768 g/mol. The lowest BCUT2D eigenvalue weighted by molar-refractivity contribution is -0.143. The number of hydrogen-bond acceptors (Lipinski definition) is 9. The number of thioether (sulfide) groups is 1. The number of carbonyl (C=O) groups is 3. The maximum atomic E-state index is 13.6. The lowest BCUT2D eigenvalue weighted by atomic mass is 9.97. The van der Waals surface area contributed by atoms with E-state index in [0.717, 1.165) is 16.8 Å². The van der Waals surface area contributed by atoms with E-state index in [4.69, 9.17) is 26.8 Å². The summed E-state index contributed by atoms with van der Waals surface area (Å²) in [6, 6.07) is 10.9. The number of carbonyl (C=O) groups excluding carboxylic acids is 2. The summed E-state index contributed by atoms with van der Waals surface area (Å²) in [7, 11) is 1.46. The van der Waals surface area contributed by atoms with Crippen molar-refractivity contribution >= 4 is 57.8 Å². The molecule has 5 rings (SSSR count). The predicted molar refractivity (Wildman–Crippen MR) is 184 cm³/mol. The van der Waals surface area contributed by atoms with Crippen LogP contribution < -0.4 is 15.1 Å². The molecule has 2 saturated heterocycles. The number of anilines is 1. The number of carboxylic acids is 1. The quantitative estimate of drug-likeness (QED) is 0.134. The number of morpholine rings is 1. The standard InChI is InChI=1S/C34H30F6N4O6S2/c1-42(26-5-2-20(3-6-26)31(47)48)29(45)19-41-44-30(46)28(52-32(44)51)17-23-14-21(4-7-27(23)50-13-10-43-8-11-49-12-9-43)22-15-24(33(35,36)37)18-25(16-22)34(38,39)40/h2-7,14-18,41H,8-13,19H2,1H3,(H,47,48). The number of alkyl halides is 6. The first kappa shape index (κ1) is 38.7. The van der Waals surface area contributed by atoms with Gasteiger partial charge in [0.1, 0.15) is 12.4 Å². The maximum Gasteiger partial charge on any atom is 0.416 e.